The smallest absolute Gasteiger partial charge is 0.115 e. The summed E-state index contributed by atoms with van der Waals surface area (Å²) in [7, 11) is 0. The molecule has 2 aliphatic rings. The number of hydrogen-bond donors (Lipinski definition) is 1. The minimum atomic E-state index is 0.350. The first kappa shape index (κ1) is 19.5. The van der Waals surface area contributed by atoms with Gasteiger partial charge in [0.2, 0.25) is 0 Å². The Morgan fingerprint density at radius 1 is 0.846 bits per heavy atom. The van der Waals surface area contributed by atoms with E-state index in [-0.39, 0.29) is 0 Å². The van der Waals surface area contributed by atoms with Gasteiger partial charge in [-0.05, 0) is 79.9 Å². The van der Waals surface area contributed by atoms with Crippen LogP contribution < -0.4 is 0 Å². The minimum Gasteiger partial charge on any atom is -0.508 e. The van der Waals surface area contributed by atoms with Crippen molar-refractivity contribution >= 4 is 6.08 Å². The van der Waals surface area contributed by atoms with E-state index in [0.717, 1.165) is 23.7 Å². The summed E-state index contributed by atoms with van der Waals surface area (Å²) < 4.78 is 0. The van der Waals surface area contributed by atoms with Crippen LogP contribution in [0.3, 0.4) is 0 Å². The second-order valence-electron chi connectivity index (χ2n) is 8.90. The van der Waals surface area contributed by atoms with Crippen molar-refractivity contribution in [2.45, 2.75) is 84.0 Å². The molecule has 0 aliphatic heterocycles. The molecule has 0 radical (unpaired) electrons. The first-order chi connectivity index (χ1) is 12.7. The molecule has 26 heavy (non-hydrogen) atoms. The lowest BCUT2D eigenvalue weighted by molar-refractivity contribution is 0.151. The molecule has 1 aromatic rings. The normalized spacial score (nSPS) is 29.9. The van der Waals surface area contributed by atoms with Gasteiger partial charge in [-0.3, -0.25) is 0 Å². The van der Waals surface area contributed by atoms with Crippen LogP contribution in [0.2, 0.25) is 0 Å². The average molecular weight is 355 g/mol. The van der Waals surface area contributed by atoms with Crippen LogP contribution in [-0.2, 0) is 0 Å². The van der Waals surface area contributed by atoms with Gasteiger partial charge in [-0.1, -0.05) is 69.7 Å². The van der Waals surface area contributed by atoms with Gasteiger partial charge in [-0.2, -0.15) is 0 Å². The van der Waals surface area contributed by atoms with Gasteiger partial charge in [0.15, 0.2) is 0 Å². The Morgan fingerprint density at radius 2 is 1.46 bits per heavy atom. The number of phenols is 1. The Balaban J connectivity index is 1.37. The fourth-order valence-corrected chi connectivity index (χ4v) is 5.27. The molecule has 0 bridgehead atoms. The lowest BCUT2D eigenvalue weighted by atomic mass is 9.68. The van der Waals surface area contributed by atoms with Crippen molar-refractivity contribution in [1.82, 2.24) is 0 Å². The van der Waals surface area contributed by atoms with E-state index in [1.54, 1.807) is 12.1 Å². The van der Waals surface area contributed by atoms with Crippen molar-refractivity contribution in [3.8, 4) is 5.75 Å². The molecule has 0 unspecified atom stereocenters. The third kappa shape index (κ3) is 5.89. The van der Waals surface area contributed by atoms with E-state index in [2.05, 4.69) is 19.1 Å². The molecule has 1 aromatic carbocycles. The van der Waals surface area contributed by atoms with E-state index in [1.807, 2.05) is 12.1 Å². The van der Waals surface area contributed by atoms with Gasteiger partial charge in [-0.15, -0.1) is 0 Å². The number of allylic oxidation sites excluding steroid dienone is 1. The summed E-state index contributed by atoms with van der Waals surface area (Å²) in [6.07, 6.45) is 22.1. The Bertz CT molecular complexity index is 528. The van der Waals surface area contributed by atoms with E-state index < -0.39 is 0 Å². The molecule has 2 aliphatic carbocycles. The molecular weight excluding hydrogens is 316 g/mol. The lowest BCUT2D eigenvalue weighted by Crippen LogP contribution is -2.25. The molecule has 1 nitrogen and oxygen atoms in total. The van der Waals surface area contributed by atoms with Gasteiger partial charge >= 0.3 is 0 Å². The SMILES string of the molecule is CCCCCC1CCC(C2CCC(/C=C/c3ccc(O)cc3)CC2)CC1. The number of hydrogen-bond acceptors (Lipinski definition) is 1. The van der Waals surface area contributed by atoms with Gasteiger partial charge in [0, 0.05) is 0 Å². The van der Waals surface area contributed by atoms with Crippen LogP contribution in [0.25, 0.3) is 6.08 Å². The van der Waals surface area contributed by atoms with Crippen molar-refractivity contribution in [3.63, 3.8) is 0 Å². The summed E-state index contributed by atoms with van der Waals surface area (Å²) in [4.78, 5) is 0. The fourth-order valence-electron chi connectivity index (χ4n) is 5.27. The lowest BCUT2D eigenvalue weighted by Gasteiger charge is -2.37. The Kier molecular flexibility index (Phi) is 7.65. The highest BCUT2D eigenvalue weighted by atomic mass is 16.3. The molecule has 0 atom stereocenters. The van der Waals surface area contributed by atoms with Crippen LogP contribution in [0.5, 0.6) is 5.75 Å². The largest absolute Gasteiger partial charge is 0.508 e. The van der Waals surface area contributed by atoms with E-state index in [1.165, 1.54) is 82.6 Å². The van der Waals surface area contributed by atoms with Crippen LogP contribution in [0.1, 0.15) is 89.5 Å². The molecule has 0 saturated heterocycles. The van der Waals surface area contributed by atoms with Gasteiger partial charge in [-0.25, -0.2) is 0 Å². The number of rotatable bonds is 7. The number of phenolic OH excluding ortho intramolecular Hbond substituents is 1. The van der Waals surface area contributed by atoms with Crippen molar-refractivity contribution in [2.75, 3.05) is 0 Å². The van der Waals surface area contributed by atoms with E-state index in [4.69, 9.17) is 0 Å². The average Bonchev–Trinajstić information content (AvgIpc) is 2.69. The number of aromatic hydroxyl groups is 1. The summed E-state index contributed by atoms with van der Waals surface area (Å²) >= 11 is 0. The quantitative estimate of drug-likeness (QED) is 0.500. The maximum atomic E-state index is 9.37. The molecule has 0 aromatic heterocycles. The Morgan fingerprint density at radius 3 is 2.08 bits per heavy atom. The van der Waals surface area contributed by atoms with Crippen molar-refractivity contribution < 1.29 is 5.11 Å². The van der Waals surface area contributed by atoms with Crippen LogP contribution in [0.4, 0.5) is 0 Å². The van der Waals surface area contributed by atoms with Crippen LogP contribution in [-0.4, -0.2) is 5.11 Å². The van der Waals surface area contributed by atoms with E-state index >= 15 is 0 Å². The summed E-state index contributed by atoms with van der Waals surface area (Å²) in [6, 6.07) is 7.54. The number of benzene rings is 1. The highest BCUT2D eigenvalue weighted by Gasteiger charge is 2.30. The van der Waals surface area contributed by atoms with Crippen LogP contribution >= 0.6 is 0 Å². The van der Waals surface area contributed by atoms with Gasteiger partial charge in [0.05, 0.1) is 0 Å². The first-order valence-electron chi connectivity index (χ1n) is 11.2. The Labute approximate surface area is 160 Å². The van der Waals surface area contributed by atoms with Crippen LogP contribution in [0.15, 0.2) is 30.3 Å². The molecule has 3 rings (SSSR count). The van der Waals surface area contributed by atoms with Gasteiger partial charge in [0.25, 0.3) is 0 Å². The number of unbranched alkanes of at least 4 members (excludes halogenated alkanes) is 2. The van der Waals surface area contributed by atoms with Crippen molar-refractivity contribution in [3.05, 3.63) is 35.9 Å². The monoisotopic (exact) mass is 354 g/mol. The molecule has 0 amide bonds. The minimum absolute atomic E-state index is 0.350. The summed E-state index contributed by atoms with van der Waals surface area (Å²) in [5.74, 6) is 4.18. The second-order valence-corrected chi connectivity index (χ2v) is 8.90. The predicted octanol–water partition coefficient (Wildman–Crippen LogP) is 7.60. The zero-order valence-corrected chi connectivity index (χ0v) is 16.7. The van der Waals surface area contributed by atoms with E-state index in [9.17, 15) is 5.11 Å². The van der Waals surface area contributed by atoms with Crippen molar-refractivity contribution in [1.29, 1.82) is 0 Å². The summed E-state index contributed by atoms with van der Waals surface area (Å²) in [6.45, 7) is 2.31. The third-order valence-corrected chi connectivity index (χ3v) is 7.04. The highest BCUT2D eigenvalue weighted by Crippen LogP contribution is 2.42. The molecule has 1 heteroatoms. The molecule has 2 fully saturated rings. The maximum Gasteiger partial charge on any atom is 0.115 e. The highest BCUT2D eigenvalue weighted by molar-refractivity contribution is 5.50. The van der Waals surface area contributed by atoms with Crippen LogP contribution in [0, 0.1) is 23.7 Å². The fraction of sp³-hybridized carbons (Fsp3) is 0.680. The van der Waals surface area contributed by atoms with Gasteiger partial charge in [0.1, 0.15) is 5.75 Å². The molecule has 0 spiro atoms. The zero-order valence-electron chi connectivity index (χ0n) is 16.7. The molecule has 144 valence electrons. The summed E-state index contributed by atoms with van der Waals surface area (Å²) in [5.41, 5.74) is 1.20. The molecule has 1 N–H and O–H groups in total. The summed E-state index contributed by atoms with van der Waals surface area (Å²) in [5, 5.41) is 9.37. The second kappa shape index (κ2) is 10.2. The standard InChI is InChI=1S/C25H38O/c1-2-3-4-5-20-8-14-23(15-9-20)24-16-10-21(11-17-24)6-7-22-12-18-25(26)19-13-22/h6-7,12-13,18-21,23-24,26H,2-5,8-11,14-17H2,1H3/b7-6+. The maximum absolute atomic E-state index is 9.37. The van der Waals surface area contributed by atoms with Crippen molar-refractivity contribution in [2.24, 2.45) is 23.7 Å². The predicted molar refractivity (Wildman–Crippen MR) is 112 cm³/mol. The van der Waals surface area contributed by atoms with E-state index in [0.29, 0.717) is 5.75 Å². The topological polar surface area (TPSA) is 20.2 Å². The molecule has 0 heterocycles. The third-order valence-electron chi connectivity index (χ3n) is 7.04. The first-order valence-corrected chi connectivity index (χ1v) is 11.2. The molecule has 2 saturated carbocycles. The molecular formula is C25H38O. The zero-order chi connectivity index (χ0) is 18.2. The Hall–Kier alpha value is -1.24. The van der Waals surface area contributed by atoms with Gasteiger partial charge < -0.3 is 5.11 Å².